The van der Waals surface area contributed by atoms with Crippen LogP contribution in [-0.2, 0) is 6.42 Å². The van der Waals surface area contributed by atoms with E-state index in [4.69, 9.17) is 21.9 Å². The first-order chi connectivity index (χ1) is 10.8. The van der Waals surface area contributed by atoms with Crippen LogP contribution in [0.2, 0.25) is 5.02 Å². The van der Waals surface area contributed by atoms with Gasteiger partial charge in [-0.1, -0.05) is 23.7 Å². The fraction of sp³-hybridized carbons (Fsp3) is 0.467. The van der Waals surface area contributed by atoms with Crippen molar-refractivity contribution in [2.75, 3.05) is 37.6 Å². The number of aromatic nitrogens is 2. The maximum absolute atomic E-state index is 5.91. The molecule has 2 aromatic rings. The van der Waals surface area contributed by atoms with E-state index in [0.29, 0.717) is 18.4 Å². The number of hydrogen-bond acceptors (Lipinski definition) is 6. The topological polar surface area (TPSA) is 80.2 Å². The number of nitrogens with zero attached hydrogens (tertiary/aromatic N) is 3. The highest BCUT2D eigenvalue weighted by molar-refractivity contribution is 6.30. The second-order valence-electron chi connectivity index (χ2n) is 5.43. The first kappa shape index (κ1) is 15.3. The molecular weight excluding hydrogens is 302 g/mol. The largest absolute Gasteiger partial charge is 0.337 e. The summed E-state index contributed by atoms with van der Waals surface area (Å²) < 4.78 is 5.44. The van der Waals surface area contributed by atoms with Crippen molar-refractivity contribution in [3.05, 3.63) is 40.7 Å². The molecule has 1 aliphatic heterocycles. The molecule has 7 heteroatoms. The van der Waals surface area contributed by atoms with Crippen LogP contribution >= 0.6 is 11.6 Å². The van der Waals surface area contributed by atoms with Gasteiger partial charge in [-0.2, -0.15) is 4.98 Å². The number of rotatable bonds is 5. The Morgan fingerprint density at radius 1 is 1.27 bits per heavy atom. The number of hydrogen-bond donors (Lipinski definition) is 2. The molecular formula is C15H20ClN5O. The van der Waals surface area contributed by atoms with Crippen LogP contribution in [0.4, 0.5) is 5.95 Å². The zero-order valence-electron chi connectivity index (χ0n) is 12.3. The van der Waals surface area contributed by atoms with Gasteiger partial charge < -0.3 is 20.5 Å². The minimum absolute atomic E-state index is 0.0188. The summed E-state index contributed by atoms with van der Waals surface area (Å²) in [6.45, 7) is 4.13. The molecule has 3 N–H and O–H groups in total. The van der Waals surface area contributed by atoms with E-state index in [0.717, 1.165) is 43.2 Å². The number of nitrogens with two attached hydrogens (primary N) is 1. The normalized spacial score (nSPS) is 16.7. The van der Waals surface area contributed by atoms with Crippen molar-refractivity contribution in [1.29, 1.82) is 0 Å². The van der Waals surface area contributed by atoms with Gasteiger partial charge in [0.25, 0.3) is 5.95 Å². The highest BCUT2D eigenvalue weighted by Crippen LogP contribution is 2.22. The fourth-order valence-electron chi connectivity index (χ4n) is 2.56. The quantitative estimate of drug-likeness (QED) is 0.867. The monoisotopic (exact) mass is 321 g/mol. The molecule has 118 valence electrons. The van der Waals surface area contributed by atoms with E-state index in [1.165, 1.54) is 0 Å². The van der Waals surface area contributed by atoms with Crippen molar-refractivity contribution < 1.29 is 4.52 Å². The molecule has 0 amide bonds. The fourth-order valence-corrected chi connectivity index (χ4v) is 2.69. The summed E-state index contributed by atoms with van der Waals surface area (Å²) in [4.78, 5) is 6.66. The predicted octanol–water partition coefficient (Wildman–Crippen LogP) is 1.42. The first-order valence-electron chi connectivity index (χ1n) is 7.50. The molecule has 0 spiro atoms. The van der Waals surface area contributed by atoms with E-state index in [2.05, 4.69) is 20.4 Å². The third-order valence-corrected chi connectivity index (χ3v) is 4.11. The number of piperazine rings is 1. The lowest BCUT2D eigenvalue weighted by Crippen LogP contribution is -2.44. The summed E-state index contributed by atoms with van der Waals surface area (Å²) in [5, 5.41) is 8.13. The second kappa shape index (κ2) is 7.09. The van der Waals surface area contributed by atoms with Gasteiger partial charge in [0.05, 0.1) is 5.92 Å². The van der Waals surface area contributed by atoms with Gasteiger partial charge in [0, 0.05) is 37.7 Å². The van der Waals surface area contributed by atoms with E-state index >= 15 is 0 Å². The highest BCUT2D eigenvalue weighted by Gasteiger charge is 2.21. The Balaban J connectivity index is 1.70. The van der Waals surface area contributed by atoms with E-state index in [1.807, 2.05) is 24.3 Å². The first-order valence-corrected chi connectivity index (χ1v) is 7.88. The van der Waals surface area contributed by atoms with Gasteiger partial charge in [0.1, 0.15) is 0 Å². The zero-order chi connectivity index (χ0) is 15.4. The summed E-state index contributed by atoms with van der Waals surface area (Å²) >= 11 is 5.91. The summed E-state index contributed by atoms with van der Waals surface area (Å²) in [6.07, 6.45) is 0.761. The highest BCUT2D eigenvalue weighted by atomic mass is 35.5. The van der Waals surface area contributed by atoms with Gasteiger partial charge in [-0.3, -0.25) is 0 Å². The lowest BCUT2D eigenvalue weighted by molar-refractivity contribution is 0.352. The lowest BCUT2D eigenvalue weighted by Gasteiger charge is -2.25. The third-order valence-electron chi connectivity index (χ3n) is 3.86. The van der Waals surface area contributed by atoms with Crippen molar-refractivity contribution in [2.24, 2.45) is 5.73 Å². The Kier molecular flexibility index (Phi) is 4.92. The minimum Gasteiger partial charge on any atom is -0.337 e. The van der Waals surface area contributed by atoms with Crippen LogP contribution in [0.5, 0.6) is 0 Å². The molecule has 0 radical (unpaired) electrons. The number of anilines is 1. The molecule has 3 rings (SSSR count). The standard InChI is InChI=1S/C15H20ClN5O/c16-13-3-1-11(2-4-13)9-12(10-17)14-19-15(20-22-14)21-7-5-18-6-8-21/h1-4,12,18H,5-10,17H2. The number of halogens is 1. The van der Waals surface area contributed by atoms with Gasteiger partial charge in [-0.25, -0.2) is 0 Å². The van der Waals surface area contributed by atoms with Crippen LogP contribution in [0.3, 0.4) is 0 Å². The Morgan fingerprint density at radius 3 is 2.68 bits per heavy atom. The van der Waals surface area contributed by atoms with Gasteiger partial charge in [-0.05, 0) is 29.3 Å². The summed E-state index contributed by atoms with van der Waals surface area (Å²) in [6, 6.07) is 7.76. The van der Waals surface area contributed by atoms with E-state index in [-0.39, 0.29) is 5.92 Å². The van der Waals surface area contributed by atoms with E-state index in [1.54, 1.807) is 0 Å². The van der Waals surface area contributed by atoms with Gasteiger partial charge in [0.2, 0.25) is 5.89 Å². The Labute approximate surface area is 134 Å². The van der Waals surface area contributed by atoms with Crippen molar-refractivity contribution in [2.45, 2.75) is 12.3 Å². The molecule has 1 fully saturated rings. The Hall–Kier alpha value is -1.63. The van der Waals surface area contributed by atoms with E-state index in [9.17, 15) is 0 Å². The van der Waals surface area contributed by atoms with Crippen LogP contribution in [0.1, 0.15) is 17.4 Å². The second-order valence-corrected chi connectivity index (χ2v) is 5.87. The smallest absolute Gasteiger partial charge is 0.266 e. The lowest BCUT2D eigenvalue weighted by atomic mass is 9.99. The SMILES string of the molecule is NCC(Cc1ccc(Cl)cc1)c1nc(N2CCNCC2)no1. The van der Waals surface area contributed by atoms with Crippen molar-refractivity contribution in [3.8, 4) is 0 Å². The molecule has 1 aliphatic rings. The molecule has 2 heterocycles. The van der Waals surface area contributed by atoms with E-state index < -0.39 is 0 Å². The Bertz CT molecular complexity index is 594. The van der Waals surface area contributed by atoms with Crippen molar-refractivity contribution in [1.82, 2.24) is 15.5 Å². The van der Waals surface area contributed by atoms with Crippen molar-refractivity contribution in [3.63, 3.8) is 0 Å². The average Bonchev–Trinajstić information content (AvgIpc) is 3.05. The third kappa shape index (κ3) is 3.58. The molecule has 1 atom stereocenters. The Morgan fingerprint density at radius 2 is 2.00 bits per heavy atom. The molecule has 0 bridgehead atoms. The van der Waals surface area contributed by atoms with Crippen LogP contribution in [-0.4, -0.2) is 42.9 Å². The number of nitrogens with one attached hydrogen (secondary N) is 1. The molecule has 1 unspecified atom stereocenters. The van der Waals surface area contributed by atoms with Crippen LogP contribution in [0, 0.1) is 0 Å². The summed E-state index contributed by atoms with van der Waals surface area (Å²) in [5.74, 6) is 1.28. The summed E-state index contributed by atoms with van der Waals surface area (Å²) in [7, 11) is 0. The summed E-state index contributed by atoms with van der Waals surface area (Å²) in [5.41, 5.74) is 7.05. The maximum atomic E-state index is 5.91. The molecule has 1 saturated heterocycles. The molecule has 22 heavy (non-hydrogen) atoms. The average molecular weight is 322 g/mol. The predicted molar refractivity (Wildman–Crippen MR) is 86.3 cm³/mol. The molecule has 1 aromatic carbocycles. The van der Waals surface area contributed by atoms with Crippen LogP contribution in [0.25, 0.3) is 0 Å². The van der Waals surface area contributed by atoms with Gasteiger partial charge in [-0.15, -0.1) is 0 Å². The maximum Gasteiger partial charge on any atom is 0.266 e. The zero-order valence-corrected chi connectivity index (χ0v) is 13.1. The van der Waals surface area contributed by atoms with Crippen molar-refractivity contribution >= 4 is 17.5 Å². The minimum atomic E-state index is 0.0188. The van der Waals surface area contributed by atoms with Crippen LogP contribution < -0.4 is 16.0 Å². The van der Waals surface area contributed by atoms with Gasteiger partial charge >= 0.3 is 0 Å². The molecule has 0 aliphatic carbocycles. The molecule has 0 saturated carbocycles. The van der Waals surface area contributed by atoms with Crippen LogP contribution in [0.15, 0.2) is 28.8 Å². The van der Waals surface area contributed by atoms with Gasteiger partial charge in [0.15, 0.2) is 0 Å². The number of benzene rings is 1. The molecule has 1 aromatic heterocycles. The molecule has 6 nitrogen and oxygen atoms in total.